The van der Waals surface area contributed by atoms with Crippen LogP contribution in [0.5, 0.6) is 5.75 Å². The van der Waals surface area contributed by atoms with Gasteiger partial charge in [-0.3, -0.25) is 0 Å². The monoisotopic (exact) mass is 250 g/mol. The molecule has 3 nitrogen and oxygen atoms in total. The van der Waals surface area contributed by atoms with Crippen molar-refractivity contribution in [2.75, 3.05) is 12.8 Å². The van der Waals surface area contributed by atoms with Gasteiger partial charge < -0.3 is 10.5 Å². The summed E-state index contributed by atoms with van der Waals surface area (Å²) in [4.78, 5) is 0. The highest BCUT2D eigenvalue weighted by atomic mass is 16.5. The summed E-state index contributed by atoms with van der Waals surface area (Å²) < 4.78 is 5.10. The summed E-state index contributed by atoms with van der Waals surface area (Å²) in [5, 5.41) is 9.26. The molecule has 0 saturated heterocycles. The van der Waals surface area contributed by atoms with Crippen molar-refractivity contribution in [2.45, 2.75) is 0 Å². The van der Waals surface area contributed by atoms with Crippen LogP contribution in [-0.4, -0.2) is 7.11 Å². The van der Waals surface area contributed by atoms with Crippen molar-refractivity contribution in [3.05, 3.63) is 59.7 Å². The number of nitriles is 1. The number of nitrogens with two attached hydrogens (primary N) is 1. The van der Waals surface area contributed by atoms with Crippen molar-refractivity contribution in [1.29, 1.82) is 5.26 Å². The lowest BCUT2D eigenvalue weighted by molar-refractivity contribution is 0.415. The molecule has 0 fully saturated rings. The van der Waals surface area contributed by atoms with E-state index in [-0.39, 0.29) is 0 Å². The third-order valence-electron chi connectivity index (χ3n) is 2.74. The SMILES string of the molecule is COc1ccc(/C(C#N)=C/c2cccc(N)c2)cc1. The van der Waals surface area contributed by atoms with Crippen molar-refractivity contribution in [2.24, 2.45) is 0 Å². The average Bonchev–Trinajstić information content (AvgIpc) is 2.45. The lowest BCUT2D eigenvalue weighted by atomic mass is 10.0. The molecule has 2 aromatic carbocycles. The lowest BCUT2D eigenvalue weighted by Gasteiger charge is -2.03. The topological polar surface area (TPSA) is 59.0 Å². The summed E-state index contributed by atoms with van der Waals surface area (Å²) in [5.41, 5.74) is 8.76. The van der Waals surface area contributed by atoms with Crippen LogP contribution in [0.3, 0.4) is 0 Å². The molecule has 0 amide bonds. The minimum absolute atomic E-state index is 0.591. The molecular formula is C16H14N2O. The summed E-state index contributed by atoms with van der Waals surface area (Å²) >= 11 is 0. The molecule has 2 N–H and O–H groups in total. The van der Waals surface area contributed by atoms with Crippen molar-refractivity contribution < 1.29 is 4.74 Å². The van der Waals surface area contributed by atoms with Gasteiger partial charge in [0.05, 0.1) is 18.8 Å². The predicted octanol–water partition coefficient (Wildman–Crippen LogP) is 3.34. The molecule has 0 spiro atoms. The van der Waals surface area contributed by atoms with Crippen LogP contribution in [0.2, 0.25) is 0 Å². The summed E-state index contributed by atoms with van der Waals surface area (Å²) in [5.74, 6) is 0.769. The molecule has 2 rings (SSSR count). The van der Waals surface area contributed by atoms with Gasteiger partial charge >= 0.3 is 0 Å². The second kappa shape index (κ2) is 5.74. The number of rotatable bonds is 3. The van der Waals surface area contributed by atoms with Gasteiger partial charge in [0, 0.05) is 5.69 Å². The number of benzene rings is 2. The number of allylic oxidation sites excluding steroid dienone is 1. The van der Waals surface area contributed by atoms with Crippen molar-refractivity contribution >= 4 is 17.3 Å². The van der Waals surface area contributed by atoms with Crippen molar-refractivity contribution in [1.82, 2.24) is 0 Å². The van der Waals surface area contributed by atoms with Gasteiger partial charge in [-0.2, -0.15) is 5.26 Å². The van der Waals surface area contributed by atoms with Gasteiger partial charge in [-0.15, -0.1) is 0 Å². The van der Waals surface area contributed by atoms with E-state index in [0.717, 1.165) is 16.9 Å². The van der Waals surface area contributed by atoms with Gasteiger partial charge in [0.15, 0.2) is 0 Å². The highest BCUT2D eigenvalue weighted by molar-refractivity contribution is 5.89. The number of nitrogens with zero attached hydrogens (tertiary/aromatic N) is 1. The fraction of sp³-hybridized carbons (Fsp3) is 0.0625. The predicted molar refractivity (Wildman–Crippen MR) is 77.3 cm³/mol. The molecule has 0 atom stereocenters. The molecule has 0 unspecified atom stereocenters. The van der Waals surface area contributed by atoms with E-state index in [4.69, 9.17) is 10.5 Å². The first-order valence-electron chi connectivity index (χ1n) is 5.84. The van der Waals surface area contributed by atoms with Crippen molar-refractivity contribution in [3.63, 3.8) is 0 Å². The number of ether oxygens (including phenoxy) is 1. The highest BCUT2D eigenvalue weighted by Gasteiger charge is 2.01. The highest BCUT2D eigenvalue weighted by Crippen LogP contribution is 2.21. The van der Waals surface area contributed by atoms with Gasteiger partial charge in [-0.25, -0.2) is 0 Å². The molecule has 94 valence electrons. The second-order valence-corrected chi connectivity index (χ2v) is 4.07. The minimum atomic E-state index is 0.591. The first-order valence-corrected chi connectivity index (χ1v) is 5.84. The number of nitrogen functional groups attached to an aromatic ring is 1. The van der Waals surface area contributed by atoms with E-state index < -0.39 is 0 Å². The van der Waals surface area contributed by atoms with E-state index in [1.165, 1.54) is 0 Å². The smallest absolute Gasteiger partial charge is 0.118 e. The first kappa shape index (κ1) is 12.7. The number of hydrogen-bond donors (Lipinski definition) is 1. The Morgan fingerprint density at radius 2 is 1.95 bits per heavy atom. The van der Waals surface area contributed by atoms with Crippen LogP contribution in [-0.2, 0) is 0 Å². The van der Waals surface area contributed by atoms with Crippen LogP contribution in [0.25, 0.3) is 11.6 Å². The molecule has 2 aromatic rings. The largest absolute Gasteiger partial charge is 0.497 e. The summed E-state index contributed by atoms with van der Waals surface area (Å²) in [6.07, 6.45) is 1.82. The number of methoxy groups -OCH3 is 1. The summed E-state index contributed by atoms with van der Waals surface area (Å²) in [6, 6.07) is 17.0. The Hall–Kier alpha value is -2.73. The van der Waals surface area contributed by atoms with Gasteiger partial charge in [-0.05, 0) is 53.6 Å². The Labute approximate surface area is 112 Å². The quantitative estimate of drug-likeness (QED) is 0.516. The Morgan fingerprint density at radius 1 is 1.21 bits per heavy atom. The van der Waals surface area contributed by atoms with E-state index in [1.807, 2.05) is 54.6 Å². The molecule has 3 heteroatoms. The van der Waals surface area contributed by atoms with Crippen molar-refractivity contribution in [3.8, 4) is 11.8 Å². The van der Waals surface area contributed by atoms with Crippen LogP contribution in [0, 0.1) is 11.3 Å². The molecule has 0 aromatic heterocycles. The third kappa shape index (κ3) is 3.14. The number of hydrogen-bond acceptors (Lipinski definition) is 3. The van der Waals surface area contributed by atoms with Crippen LogP contribution in [0.1, 0.15) is 11.1 Å². The van der Waals surface area contributed by atoms with Gasteiger partial charge in [0.2, 0.25) is 0 Å². The Balaban J connectivity index is 2.36. The van der Waals surface area contributed by atoms with E-state index >= 15 is 0 Å². The third-order valence-corrected chi connectivity index (χ3v) is 2.74. The molecular weight excluding hydrogens is 236 g/mol. The van der Waals surface area contributed by atoms with Gasteiger partial charge in [-0.1, -0.05) is 12.1 Å². The maximum absolute atomic E-state index is 9.26. The normalized spacial score (nSPS) is 10.8. The Kier molecular flexibility index (Phi) is 3.84. The van der Waals surface area contributed by atoms with Crippen LogP contribution >= 0.6 is 0 Å². The maximum Gasteiger partial charge on any atom is 0.118 e. The minimum Gasteiger partial charge on any atom is -0.497 e. The molecule has 19 heavy (non-hydrogen) atoms. The number of anilines is 1. The van der Waals surface area contributed by atoms with E-state index in [2.05, 4.69) is 6.07 Å². The van der Waals surface area contributed by atoms with Crippen LogP contribution < -0.4 is 10.5 Å². The van der Waals surface area contributed by atoms with E-state index in [9.17, 15) is 5.26 Å². The maximum atomic E-state index is 9.26. The molecule has 0 heterocycles. The lowest BCUT2D eigenvalue weighted by Crippen LogP contribution is -1.87. The standard InChI is InChI=1S/C16H14N2O/c1-19-16-7-5-13(6-8-16)14(11-17)9-12-3-2-4-15(18)10-12/h2-10H,18H2,1H3/b14-9+. The summed E-state index contributed by atoms with van der Waals surface area (Å²) in [6.45, 7) is 0. The molecule has 0 aliphatic rings. The van der Waals surface area contributed by atoms with E-state index in [0.29, 0.717) is 11.3 Å². The fourth-order valence-electron chi connectivity index (χ4n) is 1.77. The van der Waals surface area contributed by atoms with Crippen LogP contribution in [0.4, 0.5) is 5.69 Å². The Morgan fingerprint density at radius 3 is 2.53 bits per heavy atom. The average molecular weight is 250 g/mol. The van der Waals surface area contributed by atoms with E-state index in [1.54, 1.807) is 7.11 Å². The zero-order valence-electron chi connectivity index (χ0n) is 10.6. The molecule has 0 aliphatic heterocycles. The fourth-order valence-corrected chi connectivity index (χ4v) is 1.77. The van der Waals surface area contributed by atoms with Gasteiger partial charge in [0.25, 0.3) is 0 Å². The molecule has 0 bridgehead atoms. The molecule has 0 saturated carbocycles. The van der Waals surface area contributed by atoms with Crippen LogP contribution in [0.15, 0.2) is 48.5 Å². The summed E-state index contributed by atoms with van der Waals surface area (Å²) in [7, 11) is 1.61. The molecule has 0 radical (unpaired) electrons. The zero-order chi connectivity index (χ0) is 13.7. The second-order valence-electron chi connectivity index (χ2n) is 4.07. The zero-order valence-corrected chi connectivity index (χ0v) is 10.6. The molecule has 0 aliphatic carbocycles. The Bertz CT molecular complexity index is 637. The first-order chi connectivity index (χ1) is 9.22. The van der Waals surface area contributed by atoms with Gasteiger partial charge in [0.1, 0.15) is 5.75 Å².